The maximum atomic E-state index is 9.68. The molecule has 0 amide bonds. The zero-order valence-electron chi connectivity index (χ0n) is 18.5. The number of carbonyl (C=O) groups is 1. The third-order valence-electron chi connectivity index (χ3n) is 6.59. The van der Waals surface area contributed by atoms with Gasteiger partial charge in [0.25, 0.3) is 6.47 Å². The molecule has 2 unspecified atom stereocenters. The van der Waals surface area contributed by atoms with E-state index in [4.69, 9.17) is 4.79 Å². The van der Waals surface area contributed by atoms with E-state index in [-0.39, 0.29) is 5.41 Å². The molecule has 5 heteroatoms. The number of fused-ring (bicyclic) bond motifs is 1. The highest BCUT2D eigenvalue weighted by atomic mass is 16.5. The fourth-order valence-corrected chi connectivity index (χ4v) is 4.03. The van der Waals surface area contributed by atoms with Crippen LogP contribution < -0.4 is 10.6 Å². The Hall–Kier alpha value is -0.650. The summed E-state index contributed by atoms with van der Waals surface area (Å²) in [7, 11) is 1.31. The second kappa shape index (κ2) is 10.6. The van der Waals surface area contributed by atoms with Crippen LogP contribution in [-0.4, -0.2) is 49.5 Å². The lowest BCUT2D eigenvalue weighted by Gasteiger charge is -2.37. The molecule has 0 aromatic carbocycles. The number of nitrogens with one attached hydrogen (secondary N) is 2. The third kappa shape index (κ3) is 6.50. The molecule has 0 spiro atoms. The van der Waals surface area contributed by atoms with Gasteiger partial charge in [-0.2, -0.15) is 0 Å². The van der Waals surface area contributed by atoms with E-state index >= 15 is 0 Å². The Morgan fingerprint density at radius 3 is 2.12 bits per heavy atom. The molecule has 2 rings (SSSR count). The molecule has 0 bridgehead atoms. The molecular formula is C21H44N2O3. The molecule has 2 aliphatic heterocycles. The van der Waals surface area contributed by atoms with Gasteiger partial charge < -0.3 is 20.5 Å². The van der Waals surface area contributed by atoms with E-state index in [0.717, 1.165) is 19.4 Å². The number of hydrogen-bond donors (Lipinski definition) is 3. The van der Waals surface area contributed by atoms with Gasteiger partial charge in [-0.1, -0.05) is 40.5 Å². The standard InChI is InChI=1S/C10H20N2.C9H20O.C2H4O2/c1-3-4-10-5-6-12-9(10,2)7-11-8-10;1-6-7-8(2,3)9(4,5)10;1-4-2-3/h11-12H,3-8H2,1-2H3;10H,6-7H2,1-5H3;2H,1H3. The van der Waals surface area contributed by atoms with Gasteiger partial charge in [0.1, 0.15) is 0 Å². The maximum Gasteiger partial charge on any atom is 0.292 e. The van der Waals surface area contributed by atoms with Crippen molar-refractivity contribution < 1.29 is 14.6 Å². The molecule has 2 aliphatic rings. The molecular weight excluding hydrogens is 328 g/mol. The van der Waals surface area contributed by atoms with Crippen molar-refractivity contribution in [1.29, 1.82) is 0 Å². The summed E-state index contributed by atoms with van der Waals surface area (Å²) in [5.41, 5.74) is 0.454. The maximum absolute atomic E-state index is 9.68. The van der Waals surface area contributed by atoms with E-state index in [1.54, 1.807) is 0 Å². The zero-order chi connectivity index (χ0) is 20.5. The Kier molecular flexibility index (Phi) is 10.4. The molecule has 26 heavy (non-hydrogen) atoms. The monoisotopic (exact) mass is 372 g/mol. The number of carbonyl (C=O) groups excluding carboxylic acids is 1. The fraction of sp³-hybridized carbons (Fsp3) is 0.952. The summed E-state index contributed by atoms with van der Waals surface area (Å²) in [6, 6.07) is 0. The average Bonchev–Trinajstić information content (AvgIpc) is 3.00. The van der Waals surface area contributed by atoms with Gasteiger partial charge in [-0.3, -0.25) is 4.79 Å². The smallest absolute Gasteiger partial charge is 0.292 e. The summed E-state index contributed by atoms with van der Waals surface area (Å²) >= 11 is 0. The second-order valence-electron chi connectivity index (χ2n) is 9.17. The molecule has 2 fully saturated rings. The summed E-state index contributed by atoms with van der Waals surface area (Å²) in [5, 5.41) is 16.9. The van der Waals surface area contributed by atoms with E-state index in [1.165, 1.54) is 39.5 Å². The second-order valence-corrected chi connectivity index (χ2v) is 9.17. The minimum absolute atomic E-state index is 0.0434. The molecule has 2 saturated heterocycles. The molecule has 2 atom stereocenters. The summed E-state index contributed by atoms with van der Waals surface area (Å²) in [5.74, 6) is 0. The highest BCUT2D eigenvalue weighted by molar-refractivity contribution is 5.36. The van der Waals surface area contributed by atoms with Crippen molar-refractivity contribution in [3.8, 4) is 0 Å². The van der Waals surface area contributed by atoms with Gasteiger partial charge in [-0.15, -0.1) is 0 Å². The first-order valence-electron chi connectivity index (χ1n) is 10.1. The van der Waals surface area contributed by atoms with Gasteiger partial charge in [0.15, 0.2) is 0 Å². The fourth-order valence-electron chi connectivity index (χ4n) is 4.03. The molecule has 0 aromatic heterocycles. The van der Waals surface area contributed by atoms with E-state index < -0.39 is 5.60 Å². The van der Waals surface area contributed by atoms with Crippen molar-refractivity contribution >= 4 is 6.47 Å². The lowest BCUT2D eigenvalue weighted by atomic mass is 9.71. The topological polar surface area (TPSA) is 70.6 Å². The van der Waals surface area contributed by atoms with Gasteiger partial charge in [0.05, 0.1) is 12.7 Å². The molecule has 0 radical (unpaired) electrons. The van der Waals surface area contributed by atoms with Crippen molar-refractivity contribution in [2.24, 2.45) is 10.8 Å². The van der Waals surface area contributed by atoms with Crippen molar-refractivity contribution in [3.63, 3.8) is 0 Å². The SMILES string of the molecule is CCCC(C)(C)C(C)(C)O.CCCC12CCNC1(C)CNC2.COC=O. The van der Waals surface area contributed by atoms with Gasteiger partial charge in [-0.25, -0.2) is 0 Å². The third-order valence-corrected chi connectivity index (χ3v) is 6.59. The first-order valence-corrected chi connectivity index (χ1v) is 10.1. The molecule has 156 valence electrons. The van der Waals surface area contributed by atoms with Crippen LogP contribution >= 0.6 is 0 Å². The van der Waals surface area contributed by atoms with Crippen molar-refractivity contribution in [3.05, 3.63) is 0 Å². The van der Waals surface area contributed by atoms with Crippen molar-refractivity contribution in [1.82, 2.24) is 10.6 Å². The predicted octanol–water partition coefficient (Wildman–Crippen LogP) is 3.50. The molecule has 2 heterocycles. The Labute approximate surface area is 161 Å². The number of rotatable bonds is 6. The first kappa shape index (κ1) is 25.4. The van der Waals surface area contributed by atoms with Gasteiger partial charge >= 0.3 is 0 Å². The zero-order valence-corrected chi connectivity index (χ0v) is 18.5. The van der Waals surface area contributed by atoms with Crippen molar-refractivity contribution in [2.45, 2.75) is 91.7 Å². The Bertz CT molecular complexity index is 393. The molecule has 0 aliphatic carbocycles. The van der Waals surface area contributed by atoms with Crippen LogP contribution in [0.15, 0.2) is 0 Å². The summed E-state index contributed by atoms with van der Waals surface area (Å²) in [4.78, 5) is 8.95. The Morgan fingerprint density at radius 2 is 1.73 bits per heavy atom. The quantitative estimate of drug-likeness (QED) is 0.623. The van der Waals surface area contributed by atoms with E-state index in [2.05, 4.69) is 50.0 Å². The predicted molar refractivity (Wildman–Crippen MR) is 109 cm³/mol. The molecule has 0 saturated carbocycles. The van der Waals surface area contributed by atoms with Crippen LogP contribution in [0.2, 0.25) is 0 Å². The Balaban J connectivity index is 0.000000407. The van der Waals surface area contributed by atoms with Crippen LogP contribution in [0.5, 0.6) is 0 Å². The highest BCUT2D eigenvalue weighted by Gasteiger charge is 2.53. The van der Waals surface area contributed by atoms with Gasteiger partial charge in [0.2, 0.25) is 0 Å². The van der Waals surface area contributed by atoms with Crippen LogP contribution in [-0.2, 0) is 9.53 Å². The van der Waals surface area contributed by atoms with E-state index in [9.17, 15) is 5.11 Å². The van der Waals surface area contributed by atoms with E-state index in [1.807, 2.05) is 13.8 Å². The molecule has 5 nitrogen and oxygen atoms in total. The van der Waals surface area contributed by atoms with Crippen LogP contribution in [0.4, 0.5) is 0 Å². The van der Waals surface area contributed by atoms with E-state index in [0.29, 0.717) is 17.4 Å². The number of ether oxygens (including phenoxy) is 1. The van der Waals surface area contributed by atoms with Crippen LogP contribution in [0, 0.1) is 10.8 Å². The lowest BCUT2D eigenvalue weighted by Crippen LogP contribution is -2.48. The number of hydrogen-bond acceptors (Lipinski definition) is 5. The molecule has 3 N–H and O–H groups in total. The number of methoxy groups -OCH3 is 1. The van der Waals surface area contributed by atoms with Crippen LogP contribution in [0.1, 0.15) is 80.6 Å². The van der Waals surface area contributed by atoms with Crippen LogP contribution in [0.3, 0.4) is 0 Å². The highest BCUT2D eigenvalue weighted by Crippen LogP contribution is 2.45. The van der Waals surface area contributed by atoms with Gasteiger partial charge in [-0.05, 0) is 52.0 Å². The summed E-state index contributed by atoms with van der Waals surface area (Å²) in [6.07, 6.45) is 6.28. The number of aliphatic hydroxyl groups is 1. The minimum atomic E-state index is -0.553. The first-order chi connectivity index (χ1) is 11.9. The summed E-state index contributed by atoms with van der Waals surface area (Å²) in [6.45, 7) is 18.8. The molecule has 0 aromatic rings. The van der Waals surface area contributed by atoms with Crippen LogP contribution in [0.25, 0.3) is 0 Å². The van der Waals surface area contributed by atoms with Crippen molar-refractivity contribution in [2.75, 3.05) is 26.7 Å². The minimum Gasteiger partial charge on any atom is -0.471 e. The lowest BCUT2D eigenvalue weighted by molar-refractivity contribution is -0.126. The average molecular weight is 373 g/mol. The van der Waals surface area contributed by atoms with Gasteiger partial charge in [0, 0.05) is 24.0 Å². The summed E-state index contributed by atoms with van der Waals surface area (Å²) < 4.78 is 3.86. The normalized spacial score (nSPS) is 27.6. The largest absolute Gasteiger partial charge is 0.471 e. The Morgan fingerprint density at radius 1 is 1.15 bits per heavy atom.